The Labute approximate surface area is 117 Å². The number of nitrogens with one attached hydrogen (secondary N) is 1. The lowest BCUT2D eigenvalue weighted by molar-refractivity contribution is 0.248. The summed E-state index contributed by atoms with van der Waals surface area (Å²) >= 11 is 0. The molecule has 1 aliphatic heterocycles. The maximum atomic E-state index is 4.10. The highest BCUT2D eigenvalue weighted by molar-refractivity contribution is 5.14. The Hall–Kier alpha value is -0.930. The largest absolute Gasteiger partial charge is 0.312 e. The number of aromatic nitrogens is 1. The van der Waals surface area contributed by atoms with E-state index in [9.17, 15) is 0 Å². The van der Waals surface area contributed by atoms with E-state index in [0.717, 1.165) is 12.5 Å². The van der Waals surface area contributed by atoms with Gasteiger partial charge in [-0.05, 0) is 70.8 Å². The lowest BCUT2D eigenvalue weighted by atomic mass is 10.0. The SMILES string of the molecule is CC(c1ccncc1)N1CCC(CNC(C)(C)C)C1. The molecule has 0 amide bonds. The van der Waals surface area contributed by atoms with Crippen LogP contribution in [-0.2, 0) is 0 Å². The minimum atomic E-state index is 0.226. The summed E-state index contributed by atoms with van der Waals surface area (Å²) in [5.74, 6) is 0.781. The molecular weight excluding hydrogens is 234 g/mol. The maximum Gasteiger partial charge on any atom is 0.0321 e. The van der Waals surface area contributed by atoms with Crippen molar-refractivity contribution in [3.63, 3.8) is 0 Å². The van der Waals surface area contributed by atoms with Gasteiger partial charge in [-0.2, -0.15) is 0 Å². The molecule has 1 aromatic heterocycles. The Morgan fingerprint density at radius 2 is 2.05 bits per heavy atom. The van der Waals surface area contributed by atoms with E-state index in [2.05, 4.69) is 55.0 Å². The Morgan fingerprint density at radius 1 is 1.37 bits per heavy atom. The molecule has 1 saturated heterocycles. The predicted octanol–water partition coefficient (Wildman–Crippen LogP) is 2.85. The Balaban J connectivity index is 1.85. The average molecular weight is 261 g/mol. The van der Waals surface area contributed by atoms with Gasteiger partial charge in [-0.1, -0.05) is 0 Å². The van der Waals surface area contributed by atoms with Crippen molar-refractivity contribution in [2.75, 3.05) is 19.6 Å². The van der Waals surface area contributed by atoms with Gasteiger partial charge in [-0.25, -0.2) is 0 Å². The van der Waals surface area contributed by atoms with Crippen LogP contribution in [0, 0.1) is 5.92 Å². The van der Waals surface area contributed by atoms with E-state index in [1.807, 2.05) is 12.4 Å². The molecule has 19 heavy (non-hydrogen) atoms. The summed E-state index contributed by atoms with van der Waals surface area (Å²) in [6.45, 7) is 12.5. The van der Waals surface area contributed by atoms with Gasteiger partial charge in [0.15, 0.2) is 0 Å². The fourth-order valence-corrected chi connectivity index (χ4v) is 2.68. The molecule has 0 radical (unpaired) electrons. The van der Waals surface area contributed by atoms with Crippen LogP contribution in [-0.4, -0.2) is 35.1 Å². The number of pyridine rings is 1. The predicted molar refractivity (Wildman–Crippen MR) is 80.1 cm³/mol. The van der Waals surface area contributed by atoms with Crippen LogP contribution in [0.25, 0.3) is 0 Å². The summed E-state index contributed by atoms with van der Waals surface area (Å²) in [4.78, 5) is 6.68. The monoisotopic (exact) mass is 261 g/mol. The summed E-state index contributed by atoms with van der Waals surface area (Å²) in [7, 11) is 0. The molecule has 0 aromatic carbocycles. The smallest absolute Gasteiger partial charge is 0.0321 e. The lowest BCUT2D eigenvalue weighted by Gasteiger charge is -2.26. The summed E-state index contributed by atoms with van der Waals surface area (Å²) in [6, 6.07) is 4.76. The summed E-state index contributed by atoms with van der Waals surface area (Å²) < 4.78 is 0. The third kappa shape index (κ3) is 4.29. The van der Waals surface area contributed by atoms with Crippen molar-refractivity contribution in [2.45, 2.75) is 45.7 Å². The summed E-state index contributed by atoms with van der Waals surface area (Å²) in [5.41, 5.74) is 1.60. The van der Waals surface area contributed by atoms with Gasteiger partial charge >= 0.3 is 0 Å². The molecule has 0 bridgehead atoms. The molecule has 3 nitrogen and oxygen atoms in total. The fraction of sp³-hybridized carbons (Fsp3) is 0.688. The number of rotatable bonds is 4. The molecule has 2 heterocycles. The van der Waals surface area contributed by atoms with Crippen molar-refractivity contribution in [1.82, 2.24) is 15.2 Å². The number of hydrogen-bond donors (Lipinski definition) is 1. The van der Waals surface area contributed by atoms with Crippen molar-refractivity contribution in [3.8, 4) is 0 Å². The summed E-state index contributed by atoms with van der Waals surface area (Å²) in [6.07, 6.45) is 5.08. The van der Waals surface area contributed by atoms with Crippen molar-refractivity contribution >= 4 is 0 Å². The van der Waals surface area contributed by atoms with Gasteiger partial charge in [0.05, 0.1) is 0 Å². The van der Waals surface area contributed by atoms with Crippen LogP contribution < -0.4 is 5.32 Å². The Bertz CT molecular complexity index is 383. The first kappa shape index (κ1) is 14.5. The van der Waals surface area contributed by atoms with Gasteiger partial charge in [0.2, 0.25) is 0 Å². The number of likely N-dealkylation sites (tertiary alicyclic amines) is 1. The first-order valence-corrected chi connectivity index (χ1v) is 7.35. The third-order valence-corrected chi connectivity index (χ3v) is 3.97. The highest BCUT2D eigenvalue weighted by Crippen LogP contribution is 2.26. The average Bonchev–Trinajstić information content (AvgIpc) is 2.84. The van der Waals surface area contributed by atoms with E-state index in [-0.39, 0.29) is 5.54 Å². The third-order valence-electron chi connectivity index (χ3n) is 3.97. The zero-order chi connectivity index (χ0) is 13.9. The van der Waals surface area contributed by atoms with Crippen molar-refractivity contribution in [3.05, 3.63) is 30.1 Å². The quantitative estimate of drug-likeness (QED) is 0.903. The molecule has 0 spiro atoms. The highest BCUT2D eigenvalue weighted by atomic mass is 15.2. The first-order valence-electron chi connectivity index (χ1n) is 7.35. The van der Waals surface area contributed by atoms with Crippen LogP contribution in [0.2, 0.25) is 0 Å². The van der Waals surface area contributed by atoms with Gasteiger partial charge < -0.3 is 5.32 Å². The molecule has 1 aliphatic rings. The molecule has 106 valence electrons. The lowest BCUT2D eigenvalue weighted by Crippen LogP contribution is -2.39. The second kappa shape index (κ2) is 6.02. The van der Waals surface area contributed by atoms with Crippen molar-refractivity contribution in [2.24, 2.45) is 5.92 Å². The number of hydrogen-bond acceptors (Lipinski definition) is 3. The fourth-order valence-electron chi connectivity index (χ4n) is 2.68. The van der Waals surface area contributed by atoms with Gasteiger partial charge in [0.1, 0.15) is 0 Å². The topological polar surface area (TPSA) is 28.2 Å². The zero-order valence-electron chi connectivity index (χ0n) is 12.7. The molecule has 2 atom stereocenters. The van der Waals surface area contributed by atoms with Crippen molar-refractivity contribution < 1.29 is 0 Å². The standard InChI is InChI=1S/C16H27N3/c1-13(15-5-8-17-9-6-15)19-10-7-14(12-19)11-18-16(2,3)4/h5-6,8-9,13-14,18H,7,10-12H2,1-4H3. The molecule has 0 aliphatic carbocycles. The van der Waals surface area contributed by atoms with E-state index >= 15 is 0 Å². The van der Waals surface area contributed by atoms with Gasteiger partial charge in [-0.15, -0.1) is 0 Å². The molecule has 1 fully saturated rings. The van der Waals surface area contributed by atoms with E-state index in [0.29, 0.717) is 6.04 Å². The zero-order valence-corrected chi connectivity index (χ0v) is 12.7. The number of nitrogens with zero attached hydrogens (tertiary/aromatic N) is 2. The van der Waals surface area contributed by atoms with Crippen LogP contribution in [0.15, 0.2) is 24.5 Å². The minimum absolute atomic E-state index is 0.226. The van der Waals surface area contributed by atoms with E-state index in [1.54, 1.807) is 0 Å². The maximum absolute atomic E-state index is 4.10. The van der Waals surface area contributed by atoms with Gasteiger partial charge in [-0.3, -0.25) is 9.88 Å². The van der Waals surface area contributed by atoms with Crippen LogP contribution in [0.1, 0.15) is 45.7 Å². The molecule has 2 rings (SSSR count). The Morgan fingerprint density at radius 3 is 2.68 bits per heavy atom. The normalized spacial score (nSPS) is 22.6. The molecular formula is C16H27N3. The molecule has 0 saturated carbocycles. The molecule has 1 N–H and O–H groups in total. The highest BCUT2D eigenvalue weighted by Gasteiger charge is 2.27. The Kier molecular flexibility index (Phi) is 4.58. The minimum Gasteiger partial charge on any atom is -0.312 e. The second-order valence-corrected chi connectivity index (χ2v) is 6.74. The van der Waals surface area contributed by atoms with Gasteiger partial charge in [0.25, 0.3) is 0 Å². The van der Waals surface area contributed by atoms with Crippen LogP contribution in [0.5, 0.6) is 0 Å². The van der Waals surface area contributed by atoms with Crippen molar-refractivity contribution in [1.29, 1.82) is 0 Å². The first-order chi connectivity index (χ1) is 8.96. The molecule has 1 aromatic rings. The molecule has 3 heteroatoms. The van der Waals surface area contributed by atoms with E-state index in [4.69, 9.17) is 0 Å². The summed E-state index contributed by atoms with van der Waals surface area (Å²) in [5, 5.41) is 3.63. The van der Waals surface area contributed by atoms with Crippen LogP contribution in [0.3, 0.4) is 0 Å². The van der Waals surface area contributed by atoms with Crippen LogP contribution >= 0.6 is 0 Å². The van der Waals surface area contributed by atoms with E-state index < -0.39 is 0 Å². The van der Waals surface area contributed by atoms with Gasteiger partial charge in [0, 0.05) is 30.5 Å². The second-order valence-electron chi connectivity index (χ2n) is 6.74. The van der Waals surface area contributed by atoms with Crippen LogP contribution in [0.4, 0.5) is 0 Å². The van der Waals surface area contributed by atoms with E-state index in [1.165, 1.54) is 25.1 Å². The molecule has 2 unspecified atom stereocenters.